The van der Waals surface area contributed by atoms with Crippen molar-refractivity contribution in [3.8, 4) is 11.8 Å². The summed E-state index contributed by atoms with van der Waals surface area (Å²) in [5.41, 5.74) is 1.51. The van der Waals surface area contributed by atoms with Gasteiger partial charge in [0.2, 0.25) is 5.88 Å². The van der Waals surface area contributed by atoms with Crippen LogP contribution in [-0.2, 0) is 4.79 Å². The van der Waals surface area contributed by atoms with Gasteiger partial charge in [0.05, 0.1) is 18.2 Å². The van der Waals surface area contributed by atoms with Gasteiger partial charge in [0.25, 0.3) is 5.91 Å². The van der Waals surface area contributed by atoms with Crippen molar-refractivity contribution in [2.24, 2.45) is 0 Å². The molecule has 26 heavy (non-hydrogen) atoms. The number of nitrogens with zero attached hydrogens (tertiary/aromatic N) is 4. The zero-order valence-electron chi connectivity index (χ0n) is 14.8. The first-order valence-corrected chi connectivity index (χ1v) is 8.99. The van der Waals surface area contributed by atoms with Gasteiger partial charge in [-0.1, -0.05) is 12.1 Å². The highest BCUT2D eigenvalue weighted by Crippen LogP contribution is 2.38. The molecule has 7 heteroatoms. The van der Waals surface area contributed by atoms with Gasteiger partial charge in [0, 0.05) is 25.7 Å². The molecule has 3 rings (SSSR count). The Morgan fingerprint density at radius 1 is 1.15 bits per heavy atom. The number of nitriles is 1. The maximum absolute atomic E-state index is 12.7. The van der Waals surface area contributed by atoms with E-state index in [9.17, 15) is 4.79 Å². The minimum atomic E-state index is -0.178. The molecule has 1 amide bonds. The average Bonchev–Trinajstić information content (AvgIpc) is 3.12. The molecule has 0 saturated carbocycles. The molecule has 2 aliphatic rings. The minimum Gasteiger partial charge on any atom is -0.439 e. The smallest absolute Gasteiger partial charge is 0.276 e. The maximum Gasteiger partial charge on any atom is 0.276 e. The number of thiocarbonyl (C=S) groups is 1. The first-order valence-electron chi connectivity index (χ1n) is 8.59. The first kappa shape index (κ1) is 18.0. The first-order chi connectivity index (χ1) is 12.6. The van der Waals surface area contributed by atoms with Gasteiger partial charge in [-0.2, -0.15) is 5.26 Å². The molecule has 134 valence electrons. The van der Waals surface area contributed by atoms with Crippen molar-refractivity contribution >= 4 is 28.9 Å². The van der Waals surface area contributed by atoms with Crippen molar-refractivity contribution in [2.45, 2.75) is 20.3 Å². The Bertz CT molecular complexity index is 840. The van der Waals surface area contributed by atoms with Crippen LogP contribution in [0.5, 0.6) is 5.75 Å². The SMILES string of the molecule is CCN1C(=S)N(CCC#N)C(=O)/C1=C\C=C1/Oc2ccccc2N1CC. The number of carbonyl (C=O) groups excluding carboxylic acids is 1. The van der Waals surface area contributed by atoms with Crippen molar-refractivity contribution in [1.82, 2.24) is 9.80 Å². The Kier molecular flexibility index (Phi) is 5.24. The highest BCUT2D eigenvalue weighted by atomic mass is 32.1. The molecule has 0 atom stereocenters. The van der Waals surface area contributed by atoms with E-state index in [1.54, 1.807) is 17.1 Å². The van der Waals surface area contributed by atoms with Gasteiger partial charge in [0.1, 0.15) is 5.70 Å². The summed E-state index contributed by atoms with van der Waals surface area (Å²) >= 11 is 5.40. The van der Waals surface area contributed by atoms with E-state index in [4.69, 9.17) is 22.2 Å². The van der Waals surface area contributed by atoms with Gasteiger partial charge in [-0.25, -0.2) is 0 Å². The van der Waals surface area contributed by atoms with E-state index in [0.29, 0.717) is 29.8 Å². The van der Waals surface area contributed by atoms with Gasteiger partial charge in [0.15, 0.2) is 10.9 Å². The van der Waals surface area contributed by atoms with Crippen LogP contribution in [-0.4, -0.2) is 40.5 Å². The second-order valence-corrected chi connectivity index (χ2v) is 6.13. The Labute approximate surface area is 158 Å². The van der Waals surface area contributed by atoms with Crippen LogP contribution in [0.25, 0.3) is 0 Å². The van der Waals surface area contributed by atoms with Gasteiger partial charge in [-0.05, 0) is 44.3 Å². The van der Waals surface area contributed by atoms with Crippen LogP contribution in [0.15, 0.2) is 48.0 Å². The maximum atomic E-state index is 12.7. The Balaban J connectivity index is 1.89. The number of anilines is 1. The number of rotatable bonds is 5. The molecule has 0 N–H and O–H groups in total. The van der Waals surface area contributed by atoms with Crippen molar-refractivity contribution in [3.05, 3.63) is 48.0 Å². The predicted molar refractivity (Wildman–Crippen MR) is 103 cm³/mol. The topological polar surface area (TPSA) is 59.8 Å². The van der Waals surface area contributed by atoms with E-state index < -0.39 is 0 Å². The molecular weight excluding hydrogens is 348 g/mol. The molecule has 1 fully saturated rings. The number of likely N-dealkylation sites (N-methyl/N-ethyl adjacent to an activating group) is 1. The van der Waals surface area contributed by atoms with Crippen LogP contribution in [0.4, 0.5) is 5.69 Å². The summed E-state index contributed by atoms with van der Waals surface area (Å²) in [7, 11) is 0. The number of para-hydroxylation sites is 2. The number of hydrogen-bond donors (Lipinski definition) is 0. The Morgan fingerprint density at radius 3 is 2.58 bits per heavy atom. The average molecular weight is 368 g/mol. The fourth-order valence-corrected chi connectivity index (χ4v) is 3.47. The summed E-state index contributed by atoms with van der Waals surface area (Å²) in [6, 6.07) is 9.88. The van der Waals surface area contributed by atoms with E-state index in [2.05, 4.69) is 6.07 Å². The highest BCUT2D eigenvalue weighted by molar-refractivity contribution is 7.80. The van der Waals surface area contributed by atoms with Crippen molar-refractivity contribution in [1.29, 1.82) is 5.26 Å². The Hall–Kier alpha value is -2.85. The second-order valence-electron chi connectivity index (χ2n) is 5.76. The number of amides is 1. The molecule has 1 saturated heterocycles. The van der Waals surface area contributed by atoms with E-state index in [1.165, 1.54) is 4.90 Å². The number of ether oxygens (including phenoxy) is 1. The Morgan fingerprint density at radius 2 is 1.88 bits per heavy atom. The van der Waals surface area contributed by atoms with Gasteiger partial charge in [-0.15, -0.1) is 0 Å². The molecule has 0 bridgehead atoms. The van der Waals surface area contributed by atoms with Crippen LogP contribution < -0.4 is 9.64 Å². The van der Waals surface area contributed by atoms with Crippen LogP contribution in [0.2, 0.25) is 0 Å². The monoisotopic (exact) mass is 368 g/mol. The molecule has 0 spiro atoms. The summed E-state index contributed by atoms with van der Waals surface area (Å²) in [4.78, 5) is 18.0. The molecule has 0 unspecified atom stereocenters. The van der Waals surface area contributed by atoms with Crippen LogP contribution >= 0.6 is 12.2 Å². The van der Waals surface area contributed by atoms with Crippen LogP contribution in [0.1, 0.15) is 20.3 Å². The van der Waals surface area contributed by atoms with Gasteiger partial charge >= 0.3 is 0 Å². The zero-order chi connectivity index (χ0) is 18.7. The van der Waals surface area contributed by atoms with Crippen LogP contribution in [0.3, 0.4) is 0 Å². The molecule has 1 aromatic carbocycles. The fourth-order valence-electron chi connectivity index (χ4n) is 3.07. The second kappa shape index (κ2) is 7.58. The number of benzene rings is 1. The summed E-state index contributed by atoms with van der Waals surface area (Å²) in [5, 5.41) is 9.23. The van der Waals surface area contributed by atoms with Crippen molar-refractivity contribution < 1.29 is 9.53 Å². The normalized spacial score (nSPS) is 19.3. The minimum absolute atomic E-state index is 0.178. The van der Waals surface area contributed by atoms with Gasteiger partial charge < -0.3 is 14.5 Å². The van der Waals surface area contributed by atoms with E-state index in [-0.39, 0.29) is 12.3 Å². The molecular formula is C19H20N4O2S. The number of allylic oxidation sites excluding steroid dienone is 2. The lowest BCUT2D eigenvalue weighted by atomic mass is 10.3. The van der Waals surface area contributed by atoms with Crippen molar-refractivity contribution in [3.63, 3.8) is 0 Å². The third kappa shape index (κ3) is 3.04. The molecule has 6 nitrogen and oxygen atoms in total. The molecule has 0 aromatic heterocycles. The predicted octanol–water partition coefficient (Wildman–Crippen LogP) is 2.99. The van der Waals surface area contributed by atoms with Crippen LogP contribution in [0, 0.1) is 11.3 Å². The number of fused-ring (bicyclic) bond motifs is 1. The lowest BCUT2D eigenvalue weighted by molar-refractivity contribution is -0.122. The molecule has 0 aliphatic carbocycles. The lowest BCUT2D eigenvalue weighted by Gasteiger charge is -2.17. The highest BCUT2D eigenvalue weighted by Gasteiger charge is 2.36. The summed E-state index contributed by atoms with van der Waals surface area (Å²) in [5.74, 6) is 1.30. The zero-order valence-corrected chi connectivity index (χ0v) is 15.6. The summed E-state index contributed by atoms with van der Waals surface area (Å²) < 4.78 is 5.92. The standard InChI is InChI=1S/C19H20N4O2S/c1-3-21-14-8-5-6-9-16(14)25-17(21)11-10-15-18(24)23(13-7-12-20)19(26)22(15)4-2/h5-6,8-11H,3-4,7,13H2,1-2H3/b15-10+,17-11-. The molecule has 1 aromatic rings. The fraction of sp³-hybridized carbons (Fsp3) is 0.316. The van der Waals surface area contributed by atoms with E-state index in [1.807, 2.05) is 43.0 Å². The lowest BCUT2D eigenvalue weighted by Crippen LogP contribution is -2.33. The third-order valence-corrected chi connectivity index (χ3v) is 4.76. The van der Waals surface area contributed by atoms with Gasteiger partial charge in [-0.3, -0.25) is 9.69 Å². The molecule has 2 heterocycles. The summed E-state index contributed by atoms with van der Waals surface area (Å²) in [6.45, 7) is 5.63. The quantitative estimate of drug-likeness (QED) is 0.588. The van der Waals surface area contributed by atoms with Crippen molar-refractivity contribution in [2.75, 3.05) is 24.5 Å². The largest absolute Gasteiger partial charge is 0.439 e. The van der Waals surface area contributed by atoms with E-state index >= 15 is 0 Å². The number of hydrogen-bond acceptors (Lipinski definition) is 5. The number of carbonyl (C=O) groups is 1. The summed E-state index contributed by atoms with van der Waals surface area (Å²) in [6.07, 6.45) is 3.80. The molecule has 2 aliphatic heterocycles. The third-order valence-electron chi connectivity index (χ3n) is 4.32. The van der Waals surface area contributed by atoms with E-state index in [0.717, 1.165) is 18.0 Å². The molecule has 0 radical (unpaired) electrons.